The Morgan fingerprint density at radius 2 is 1.69 bits per heavy atom. The molecule has 0 heterocycles. The number of nitrogens with one attached hydrogen (secondary N) is 2. The Kier molecular flexibility index (Phi) is 25.0. The lowest BCUT2D eigenvalue weighted by molar-refractivity contribution is -0.104. The van der Waals surface area contributed by atoms with Crippen LogP contribution in [-0.2, 0) is 4.79 Å². The third kappa shape index (κ3) is 29.2. The fourth-order valence-corrected chi connectivity index (χ4v) is 0.185. The van der Waals surface area contributed by atoms with Crippen LogP contribution in [0.1, 0.15) is 47.5 Å². The summed E-state index contributed by atoms with van der Waals surface area (Å²) in [5, 5.41) is 9.56. The molecule has 0 atom stereocenters. The molecule has 0 aliphatic rings. The molecule has 0 aromatic rings. The molecule has 0 bridgehead atoms. The summed E-state index contributed by atoms with van der Waals surface area (Å²) in [4.78, 5) is 9.75. The number of hydrogen-bond donors (Lipinski definition) is 2. The van der Waals surface area contributed by atoms with E-state index in [2.05, 4.69) is 33.0 Å². The fourth-order valence-electron chi connectivity index (χ4n) is 0.185. The monoisotopic (exact) mass is 228 g/mol. The van der Waals surface area contributed by atoms with Crippen molar-refractivity contribution in [3.8, 4) is 0 Å². The quantitative estimate of drug-likeness (QED) is 0.441. The van der Waals surface area contributed by atoms with Gasteiger partial charge in [-0.05, 0) is 14.0 Å². The molecule has 0 saturated carbocycles. The van der Waals surface area contributed by atoms with Crippen LogP contribution in [-0.4, -0.2) is 25.6 Å². The third-order valence-corrected chi connectivity index (χ3v) is 1.71. The van der Waals surface area contributed by atoms with E-state index in [4.69, 9.17) is 5.41 Å². The molecule has 16 heavy (non-hydrogen) atoms. The van der Waals surface area contributed by atoms with Crippen LogP contribution in [0.15, 0.2) is 11.6 Å². The van der Waals surface area contributed by atoms with Gasteiger partial charge in [-0.1, -0.05) is 46.6 Å². The van der Waals surface area contributed by atoms with Gasteiger partial charge in [0.1, 0.15) is 0 Å². The molecule has 96 valence electrons. The molecule has 0 saturated heterocycles. The van der Waals surface area contributed by atoms with Crippen molar-refractivity contribution in [1.29, 1.82) is 5.41 Å². The van der Waals surface area contributed by atoms with Crippen LogP contribution in [0.4, 0.5) is 0 Å². The molecule has 0 aliphatic heterocycles. The predicted octanol–water partition coefficient (Wildman–Crippen LogP) is 3.20. The Morgan fingerprint density at radius 1 is 1.31 bits per heavy atom. The summed E-state index contributed by atoms with van der Waals surface area (Å²) in [6.07, 6.45) is 5.89. The van der Waals surface area contributed by atoms with Crippen LogP contribution in [0, 0.1) is 5.41 Å². The Balaban J connectivity index is -0.000000166. The predicted molar refractivity (Wildman–Crippen MR) is 73.4 cm³/mol. The summed E-state index contributed by atoms with van der Waals surface area (Å²) in [5.74, 6) is 0. The Morgan fingerprint density at radius 3 is 1.69 bits per heavy atom. The first kappa shape index (κ1) is 20.5. The Labute approximate surface area is 101 Å². The minimum Gasteiger partial charge on any atom is -0.318 e. The highest BCUT2D eigenvalue weighted by Gasteiger charge is 1.79. The van der Waals surface area contributed by atoms with Crippen LogP contribution in [0.5, 0.6) is 0 Å². The first-order valence-corrected chi connectivity index (χ1v) is 5.83. The number of aldehydes is 1. The van der Waals surface area contributed by atoms with Crippen molar-refractivity contribution in [2.75, 3.05) is 7.05 Å². The fraction of sp³-hybridized carbons (Fsp3) is 0.692. The molecule has 3 nitrogen and oxygen atoms in total. The minimum atomic E-state index is 0.417. The van der Waals surface area contributed by atoms with E-state index in [9.17, 15) is 4.79 Å². The molecule has 0 aliphatic carbocycles. The van der Waals surface area contributed by atoms with Gasteiger partial charge in [0.2, 0.25) is 0 Å². The van der Waals surface area contributed by atoms with Gasteiger partial charge in [0.05, 0.1) is 0 Å². The molecule has 0 aromatic heterocycles. The lowest BCUT2D eigenvalue weighted by Crippen LogP contribution is -2.15. The van der Waals surface area contributed by atoms with E-state index < -0.39 is 0 Å². The molecule has 0 spiro atoms. The largest absolute Gasteiger partial charge is 0.318 e. The maximum Gasteiger partial charge on any atom is 0.151 e. The SMILES string of the molecule is C/C=C(\C=N)C=O.CCCC.CNC(C)C. The van der Waals surface area contributed by atoms with E-state index in [0.29, 0.717) is 17.9 Å². The molecule has 2 N–H and O–H groups in total. The lowest BCUT2D eigenvalue weighted by atomic mass is 10.3. The van der Waals surface area contributed by atoms with Gasteiger partial charge >= 0.3 is 0 Å². The van der Waals surface area contributed by atoms with E-state index in [1.54, 1.807) is 13.0 Å². The third-order valence-electron chi connectivity index (χ3n) is 1.71. The van der Waals surface area contributed by atoms with Gasteiger partial charge in [0.25, 0.3) is 0 Å². The zero-order valence-corrected chi connectivity index (χ0v) is 11.6. The Bertz CT molecular complexity index is 163. The first-order chi connectivity index (χ1) is 7.53. The molecule has 0 fully saturated rings. The minimum absolute atomic E-state index is 0.417. The summed E-state index contributed by atoms with van der Waals surface area (Å²) in [6.45, 7) is 10.3. The number of carbonyl (C=O) groups is 1. The molecule has 3 heteroatoms. The zero-order valence-electron chi connectivity index (χ0n) is 11.6. The topological polar surface area (TPSA) is 53.0 Å². The maximum atomic E-state index is 9.75. The van der Waals surface area contributed by atoms with Crippen molar-refractivity contribution in [3.63, 3.8) is 0 Å². The van der Waals surface area contributed by atoms with Gasteiger partial charge in [-0.25, -0.2) is 0 Å². The second-order valence-corrected chi connectivity index (χ2v) is 3.49. The Hall–Kier alpha value is -0.960. The van der Waals surface area contributed by atoms with Gasteiger partial charge < -0.3 is 10.7 Å². The van der Waals surface area contributed by atoms with Gasteiger partial charge in [0.15, 0.2) is 6.29 Å². The van der Waals surface area contributed by atoms with E-state index in [0.717, 1.165) is 6.21 Å². The van der Waals surface area contributed by atoms with E-state index in [-0.39, 0.29) is 0 Å². The highest BCUT2D eigenvalue weighted by atomic mass is 16.1. The number of unbranched alkanes of at least 4 members (excludes halogenated alkanes) is 1. The average molecular weight is 228 g/mol. The zero-order chi connectivity index (χ0) is 13.4. The number of allylic oxidation sites excluding steroid dienone is 2. The number of hydrogen-bond acceptors (Lipinski definition) is 3. The van der Waals surface area contributed by atoms with Crippen molar-refractivity contribution in [2.45, 2.75) is 53.5 Å². The van der Waals surface area contributed by atoms with Crippen LogP contribution in [0.2, 0.25) is 0 Å². The van der Waals surface area contributed by atoms with Crippen molar-refractivity contribution in [3.05, 3.63) is 11.6 Å². The molecule has 0 aromatic carbocycles. The highest BCUT2D eigenvalue weighted by Crippen LogP contribution is 1.78. The second kappa shape index (κ2) is 19.6. The molecule has 0 rings (SSSR count). The molecule has 0 unspecified atom stereocenters. The summed E-state index contributed by atoms with van der Waals surface area (Å²) >= 11 is 0. The van der Waals surface area contributed by atoms with Crippen molar-refractivity contribution >= 4 is 12.5 Å². The van der Waals surface area contributed by atoms with Gasteiger partial charge in [-0.2, -0.15) is 0 Å². The summed E-state index contributed by atoms with van der Waals surface area (Å²) in [5.41, 5.74) is 0.417. The number of rotatable bonds is 4. The summed E-state index contributed by atoms with van der Waals surface area (Å²) in [7, 11) is 1.95. The van der Waals surface area contributed by atoms with Crippen LogP contribution in [0.25, 0.3) is 0 Å². The van der Waals surface area contributed by atoms with Crippen molar-refractivity contribution in [1.82, 2.24) is 5.32 Å². The average Bonchev–Trinajstić information content (AvgIpc) is 2.32. The van der Waals surface area contributed by atoms with Crippen LogP contribution in [0.3, 0.4) is 0 Å². The summed E-state index contributed by atoms with van der Waals surface area (Å²) < 4.78 is 0. The maximum absolute atomic E-state index is 9.75. The van der Waals surface area contributed by atoms with E-state index in [1.165, 1.54) is 12.8 Å². The first-order valence-electron chi connectivity index (χ1n) is 5.83. The molecule has 0 radical (unpaired) electrons. The number of carbonyl (C=O) groups excluding carboxylic acids is 1. The van der Waals surface area contributed by atoms with Crippen molar-refractivity contribution < 1.29 is 4.79 Å². The van der Waals surface area contributed by atoms with Gasteiger partial charge in [-0.15, -0.1) is 0 Å². The van der Waals surface area contributed by atoms with E-state index >= 15 is 0 Å². The second-order valence-electron chi connectivity index (χ2n) is 3.49. The normalized spacial score (nSPS) is 9.56. The van der Waals surface area contributed by atoms with Gasteiger partial charge in [0, 0.05) is 17.8 Å². The lowest BCUT2D eigenvalue weighted by Gasteiger charge is -1.95. The summed E-state index contributed by atoms with van der Waals surface area (Å²) in [6, 6.07) is 0.634. The standard InChI is InChI=1S/C5H7NO.C4H11N.C4H10/c1-2-5(3-6)4-7;1-4(2)5-3;1-3-4-2/h2-4,6H,1H3;4-5H,1-3H3;3-4H2,1-2H3/b5-2+,6-3?;;. The molecular formula is C13H28N2O. The smallest absolute Gasteiger partial charge is 0.151 e. The van der Waals surface area contributed by atoms with Crippen molar-refractivity contribution in [2.24, 2.45) is 0 Å². The molecule has 0 amide bonds. The van der Waals surface area contributed by atoms with Crippen LogP contribution < -0.4 is 5.32 Å². The van der Waals surface area contributed by atoms with Gasteiger partial charge in [-0.3, -0.25) is 4.79 Å². The van der Waals surface area contributed by atoms with Crippen LogP contribution >= 0.6 is 0 Å². The highest BCUT2D eigenvalue weighted by molar-refractivity contribution is 6.00. The molecular weight excluding hydrogens is 200 g/mol. The van der Waals surface area contributed by atoms with E-state index in [1.807, 2.05) is 7.05 Å².